The van der Waals surface area contributed by atoms with Crippen LogP contribution in [0.4, 0.5) is 4.39 Å². The highest BCUT2D eigenvalue weighted by Gasteiger charge is 2.23. The summed E-state index contributed by atoms with van der Waals surface area (Å²) in [4.78, 5) is 0. The number of hydrogen-bond acceptors (Lipinski definition) is 3. The lowest BCUT2D eigenvalue weighted by atomic mass is 9.89. The summed E-state index contributed by atoms with van der Waals surface area (Å²) in [5.41, 5.74) is 1.62. The van der Waals surface area contributed by atoms with Crippen LogP contribution in [-0.4, -0.2) is 18.0 Å². The van der Waals surface area contributed by atoms with Crippen molar-refractivity contribution in [1.29, 1.82) is 0 Å². The molecule has 0 amide bonds. The molecule has 4 heteroatoms. The molecular formula is C11H12FNO2. The molecule has 0 bridgehead atoms. The number of benzene rings is 1. The third kappa shape index (κ3) is 1.56. The highest BCUT2D eigenvalue weighted by molar-refractivity contribution is 6.03. The SMILES string of the molecule is COc1ccc(F)c2c1CCC/C2=N\O. The van der Waals surface area contributed by atoms with Crippen LogP contribution in [0.15, 0.2) is 17.3 Å². The number of nitrogens with zero attached hydrogens (tertiary/aromatic N) is 1. The smallest absolute Gasteiger partial charge is 0.132 e. The quantitative estimate of drug-likeness (QED) is 0.569. The van der Waals surface area contributed by atoms with Gasteiger partial charge in [0, 0.05) is 11.1 Å². The van der Waals surface area contributed by atoms with E-state index in [1.54, 1.807) is 13.2 Å². The first-order valence-electron chi connectivity index (χ1n) is 4.84. The van der Waals surface area contributed by atoms with E-state index >= 15 is 0 Å². The Labute approximate surface area is 87.2 Å². The van der Waals surface area contributed by atoms with Crippen LogP contribution in [-0.2, 0) is 6.42 Å². The molecule has 1 aliphatic carbocycles. The Morgan fingerprint density at radius 3 is 2.87 bits per heavy atom. The van der Waals surface area contributed by atoms with Crippen molar-refractivity contribution in [3.05, 3.63) is 29.1 Å². The third-order valence-electron chi connectivity index (χ3n) is 2.69. The van der Waals surface area contributed by atoms with Crippen LogP contribution in [0.5, 0.6) is 5.75 Å². The van der Waals surface area contributed by atoms with Crippen LogP contribution >= 0.6 is 0 Å². The first-order chi connectivity index (χ1) is 7.27. The van der Waals surface area contributed by atoms with Gasteiger partial charge in [-0.3, -0.25) is 0 Å². The molecule has 1 aromatic rings. The van der Waals surface area contributed by atoms with Crippen LogP contribution < -0.4 is 4.74 Å². The van der Waals surface area contributed by atoms with Crippen molar-refractivity contribution in [2.45, 2.75) is 19.3 Å². The normalized spacial score (nSPS) is 17.6. The summed E-state index contributed by atoms with van der Waals surface area (Å²) in [7, 11) is 1.55. The predicted octanol–water partition coefficient (Wildman–Crippen LogP) is 2.35. The van der Waals surface area contributed by atoms with E-state index in [0.717, 1.165) is 18.4 Å². The maximum atomic E-state index is 13.6. The van der Waals surface area contributed by atoms with Crippen LogP contribution in [0.1, 0.15) is 24.0 Å². The lowest BCUT2D eigenvalue weighted by Crippen LogP contribution is -2.15. The van der Waals surface area contributed by atoms with E-state index in [4.69, 9.17) is 9.94 Å². The van der Waals surface area contributed by atoms with E-state index in [-0.39, 0.29) is 5.82 Å². The summed E-state index contributed by atoms with van der Waals surface area (Å²) >= 11 is 0. The summed E-state index contributed by atoms with van der Waals surface area (Å²) in [5, 5.41) is 12.0. The average Bonchev–Trinajstić information content (AvgIpc) is 2.29. The molecule has 80 valence electrons. The van der Waals surface area contributed by atoms with E-state index < -0.39 is 0 Å². The molecule has 0 radical (unpaired) electrons. The largest absolute Gasteiger partial charge is 0.496 e. The zero-order valence-electron chi connectivity index (χ0n) is 8.46. The third-order valence-corrected chi connectivity index (χ3v) is 2.69. The van der Waals surface area contributed by atoms with E-state index in [9.17, 15) is 4.39 Å². The number of hydrogen-bond donors (Lipinski definition) is 1. The lowest BCUT2D eigenvalue weighted by Gasteiger charge is -2.19. The molecule has 1 aliphatic rings. The van der Waals surface area contributed by atoms with Gasteiger partial charge < -0.3 is 9.94 Å². The Kier molecular flexibility index (Phi) is 2.58. The van der Waals surface area contributed by atoms with Gasteiger partial charge in [0.25, 0.3) is 0 Å². The first kappa shape index (κ1) is 9.96. The Morgan fingerprint density at radius 2 is 2.20 bits per heavy atom. The molecule has 1 aromatic carbocycles. The van der Waals surface area contributed by atoms with Gasteiger partial charge in [0.2, 0.25) is 0 Å². The van der Waals surface area contributed by atoms with Crippen molar-refractivity contribution in [1.82, 2.24) is 0 Å². The van der Waals surface area contributed by atoms with Crippen molar-refractivity contribution in [2.75, 3.05) is 7.11 Å². The van der Waals surface area contributed by atoms with Crippen molar-refractivity contribution in [3.8, 4) is 5.75 Å². The molecule has 0 fully saturated rings. The van der Waals surface area contributed by atoms with Crippen LogP contribution in [0.3, 0.4) is 0 Å². The van der Waals surface area contributed by atoms with Crippen molar-refractivity contribution < 1.29 is 14.3 Å². The van der Waals surface area contributed by atoms with E-state index in [1.807, 2.05) is 0 Å². The second-order valence-electron chi connectivity index (χ2n) is 3.50. The van der Waals surface area contributed by atoms with Crippen LogP contribution in [0, 0.1) is 5.82 Å². The molecule has 1 N–H and O–H groups in total. The predicted molar refractivity (Wildman–Crippen MR) is 54.2 cm³/mol. The number of rotatable bonds is 1. The maximum absolute atomic E-state index is 13.6. The fourth-order valence-corrected chi connectivity index (χ4v) is 2.01. The second kappa shape index (κ2) is 3.88. The number of methoxy groups -OCH3 is 1. The number of fused-ring (bicyclic) bond motifs is 1. The van der Waals surface area contributed by atoms with Gasteiger partial charge in [-0.05, 0) is 31.4 Å². The topological polar surface area (TPSA) is 41.8 Å². The molecule has 0 saturated carbocycles. The average molecular weight is 209 g/mol. The van der Waals surface area contributed by atoms with Gasteiger partial charge in [0.1, 0.15) is 11.6 Å². The highest BCUT2D eigenvalue weighted by Crippen LogP contribution is 2.31. The Balaban J connectivity index is 2.64. The van der Waals surface area contributed by atoms with Crippen molar-refractivity contribution in [3.63, 3.8) is 0 Å². The van der Waals surface area contributed by atoms with Gasteiger partial charge in [-0.15, -0.1) is 0 Å². The molecule has 2 rings (SSSR count). The summed E-state index contributed by atoms with van der Waals surface area (Å²) in [6.07, 6.45) is 2.22. The van der Waals surface area contributed by atoms with Gasteiger partial charge >= 0.3 is 0 Å². The molecule has 0 aliphatic heterocycles. The molecule has 0 saturated heterocycles. The molecule has 3 nitrogen and oxygen atoms in total. The number of halogens is 1. The zero-order chi connectivity index (χ0) is 10.8. The summed E-state index contributed by atoms with van der Waals surface area (Å²) < 4.78 is 18.7. The molecule has 0 atom stereocenters. The standard InChI is InChI=1S/C11H12FNO2/c1-15-10-6-5-8(12)11-7(10)3-2-4-9(11)13-14/h5-6,14H,2-4H2,1H3/b13-9+. The summed E-state index contributed by atoms with van der Waals surface area (Å²) in [5.74, 6) is 0.311. The highest BCUT2D eigenvalue weighted by atomic mass is 19.1. The minimum Gasteiger partial charge on any atom is -0.496 e. The fourth-order valence-electron chi connectivity index (χ4n) is 2.01. The summed E-state index contributed by atoms with van der Waals surface area (Å²) in [6.45, 7) is 0. The maximum Gasteiger partial charge on any atom is 0.132 e. The fraction of sp³-hybridized carbons (Fsp3) is 0.364. The monoisotopic (exact) mass is 209 g/mol. The molecule has 0 unspecified atom stereocenters. The molecule has 0 aromatic heterocycles. The number of ether oxygens (including phenoxy) is 1. The summed E-state index contributed by atoms with van der Waals surface area (Å²) in [6, 6.07) is 2.95. The van der Waals surface area contributed by atoms with Crippen LogP contribution in [0.2, 0.25) is 0 Å². The van der Waals surface area contributed by atoms with Crippen molar-refractivity contribution in [2.24, 2.45) is 5.16 Å². The van der Waals surface area contributed by atoms with Gasteiger partial charge in [0.15, 0.2) is 0 Å². The van der Waals surface area contributed by atoms with Crippen molar-refractivity contribution >= 4 is 5.71 Å². The second-order valence-corrected chi connectivity index (χ2v) is 3.50. The Hall–Kier alpha value is -1.58. The molecule has 0 heterocycles. The first-order valence-corrected chi connectivity index (χ1v) is 4.84. The zero-order valence-corrected chi connectivity index (χ0v) is 8.46. The Morgan fingerprint density at radius 1 is 1.40 bits per heavy atom. The molecule has 15 heavy (non-hydrogen) atoms. The van der Waals surface area contributed by atoms with Gasteiger partial charge in [0.05, 0.1) is 12.8 Å². The lowest BCUT2D eigenvalue weighted by molar-refractivity contribution is 0.317. The van der Waals surface area contributed by atoms with Gasteiger partial charge in [-0.1, -0.05) is 5.16 Å². The van der Waals surface area contributed by atoms with E-state index in [1.165, 1.54) is 6.07 Å². The number of oxime groups is 1. The minimum atomic E-state index is -0.349. The Bertz CT molecular complexity index is 415. The van der Waals surface area contributed by atoms with E-state index in [2.05, 4.69) is 5.16 Å². The molecule has 0 spiro atoms. The molecular weight excluding hydrogens is 197 g/mol. The van der Waals surface area contributed by atoms with E-state index in [0.29, 0.717) is 23.4 Å². The minimum absolute atomic E-state index is 0.349. The van der Waals surface area contributed by atoms with Crippen LogP contribution in [0.25, 0.3) is 0 Å². The van der Waals surface area contributed by atoms with Gasteiger partial charge in [-0.2, -0.15) is 0 Å². The van der Waals surface area contributed by atoms with Gasteiger partial charge in [-0.25, -0.2) is 4.39 Å².